The Morgan fingerprint density at radius 1 is 1.32 bits per heavy atom. The van der Waals surface area contributed by atoms with Gasteiger partial charge < -0.3 is 10.6 Å². The topological polar surface area (TPSA) is 41.1 Å². The number of rotatable bonds is 6. The number of nitrogens with one attached hydrogen (secondary N) is 2. The summed E-state index contributed by atoms with van der Waals surface area (Å²) in [6, 6.07) is 8.70. The molecule has 3 heteroatoms. The van der Waals surface area contributed by atoms with Crippen LogP contribution in [-0.2, 0) is 11.2 Å². The zero-order chi connectivity index (χ0) is 13.7. The standard InChI is InChI=1S/C16H24N2O/c1-12(10-13-4-3-5-13)18-15-8-6-14(7-9-15)11-16(19)17-2/h6-9,12-13,18H,3-5,10-11H2,1-2H3,(H,17,19). The van der Waals surface area contributed by atoms with Crippen LogP contribution < -0.4 is 10.6 Å². The lowest BCUT2D eigenvalue weighted by Crippen LogP contribution is -2.23. The van der Waals surface area contributed by atoms with E-state index < -0.39 is 0 Å². The highest BCUT2D eigenvalue weighted by molar-refractivity contribution is 5.78. The Hall–Kier alpha value is -1.51. The van der Waals surface area contributed by atoms with Gasteiger partial charge in [-0.3, -0.25) is 4.79 Å². The molecule has 104 valence electrons. The maximum atomic E-state index is 11.3. The van der Waals surface area contributed by atoms with Gasteiger partial charge in [-0.05, 0) is 37.0 Å². The lowest BCUT2D eigenvalue weighted by atomic mass is 9.81. The summed E-state index contributed by atoms with van der Waals surface area (Å²) in [6.07, 6.45) is 5.92. The molecule has 2 rings (SSSR count). The minimum Gasteiger partial charge on any atom is -0.383 e. The average Bonchev–Trinajstić information content (AvgIpc) is 2.36. The summed E-state index contributed by atoms with van der Waals surface area (Å²) in [5.74, 6) is 0.981. The first-order valence-corrected chi connectivity index (χ1v) is 7.23. The van der Waals surface area contributed by atoms with E-state index in [0.29, 0.717) is 12.5 Å². The van der Waals surface area contributed by atoms with Crippen molar-refractivity contribution in [2.24, 2.45) is 5.92 Å². The second-order valence-electron chi connectivity index (χ2n) is 5.62. The molecule has 19 heavy (non-hydrogen) atoms. The van der Waals surface area contributed by atoms with E-state index in [9.17, 15) is 4.79 Å². The Bertz CT molecular complexity index is 409. The van der Waals surface area contributed by atoms with Gasteiger partial charge in [-0.25, -0.2) is 0 Å². The number of carbonyl (C=O) groups is 1. The largest absolute Gasteiger partial charge is 0.383 e. The fourth-order valence-corrected chi connectivity index (χ4v) is 2.56. The van der Waals surface area contributed by atoms with Crippen molar-refractivity contribution in [1.29, 1.82) is 0 Å². The van der Waals surface area contributed by atoms with E-state index >= 15 is 0 Å². The molecule has 3 nitrogen and oxygen atoms in total. The van der Waals surface area contributed by atoms with E-state index in [0.717, 1.165) is 17.2 Å². The summed E-state index contributed by atoms with van der Waals surface area (Å²) in [7, 11) is 1.67. The van der Waals surface area contributed by atoms with Gasteiger partial charge in [0.15, 0.2) is 0 Å². The van der Waals surface area contributed by atoms with Gasteiger partial charge in [0.25, 0.3) is 0 Å². The van der Waals surface area contributed by atoms with Crippen molar-refractivity contribution in [3.05, 3.63) is 29.8 Å². The molecule has 0 saturated heterocycles. The van der Waals surface area contributed by atoms with E-state index in [1.807, 2.05) is 12.1 Å². The number of anilines is 1. The molecule has 0 radical (unpaired) electrons. The van der Waals surface area contributed by atoms with Crippen LogP contribution in [0.15, 0.2) is 24.3 Å². The Labute approximate surface area is 115 Å². The normalized spacial score (nSPS) is 16.5. The highest BCUT2D eigenvalue weighted by Crippen LogP contribution is 2.31. The SMILES string of the molecule is CNC(=O)Cc1ccc(NC(C)CC2CCC2)cc1. The van der Waals surface area contributed by atoms with Gasteiger partial charge in [-0.2, -0.15) is 0 Å². The first kappa shape index (κ1) is 13.9. The predicted molar refractivity (Wildman–Crippen MR) is 79.3 cm³/mol. The average molecular weight is 260 g/mol. The monoisotopic (exact) mass is 260 g/mol. The van der Waals surface area contributed by atoms with Crippen molar-refractivity contribution >= 4 is 11.6 Å². The van der Waals surface area contributed by atoms with Gasteiger partial charge in [0, 0.05) is 18.8 Å². The van der Waals surface area contributed by atoms with E-state index in [1.54, 1.807) is 7.05 Å². The summed E-state index contributed by atoms with van der Waals surface area (Å²) in [6.45, 7) is 2.25. The first-order valence-electron chi connectivity index (χ1n) is 7.23. The maximum Gasteiger partial charge on any atom is 0.224 e. The molecule has 0 aromatic heterocycles. The zero-order valence-electron chi connectivity index (χ0n) is 11.9. The maximum absolute atomic E-state index is 11.3. The van der Waals surface area contributed by atoms with Crippen LogP contribution in [0.2, 0.25) is 0 Å². The number of carbonyl (C=O) groups excluding carboxylic acids is 1. The first-order chi connectivity index (χ1) is 9.17. The molecule has 1 saturated carbocycles. The van der Waals surface area contributed by atoms with Crippen molar-refractivity contribution in [2.45, 2.75) is 45.1 Å². The Kier molecular flexibility index (Phi) is 4.83. The van der Waals surface area contributed by atoms with Crippen LogP contribution in [0.5, 0.6) is 0 Å². The molecule has 1 fully saturated rings. The highest BCUT2D eigenvalue weighted by Gasteiger charge is 2.19. The fraction of sp³-hybridized carbons (Fsp3) is 0.562. The van der Waals surface area contributed by atoms with Crippen molar-refractivity contribution < 1.29 is 4.79 Å². The molecule has 0 bridgehead atoms. The van der Waals surface area contributed by atoms with Gasteiger partial charge in [0.05, 0.1) is 6.42 Å². The molecule has 1 aliphatic rings. The molecule has 0 aliphatic heterocycles. The Morgan fingerprint density at radius 3 is 2.53 bits per heavy atom. The van der Waals surface area contributed by atoms with Gasteiger partial charge >= 0.3 is 0 Å². The van der Waals surface area contributed by atoms with Gasteiger partial charge in [0.1, 0.15) is 0 Å². The Balaban J connectivity index is 1.81. The minimum atomic E-state index is 0.0547. The molecule has 1 aliphatic carbocycles. The molecule has 1 atom stereocenters. The predicted octanol–water partition coefficient (Wildman–Crippen LogP) is 2.97. The molecule has 1 amide bonds. The summed E-state index contributed by atoms with van der Waals surface area (Å²) in [5.41, 5.74) is 2.20. The summed E-state index contributed by atoms with van der Waals surface area (Å²) in [5, 5.41) is 6.18. The third kappa shape index (κ3) is 4.27. The third-order valence-electron chi connectivity index (χ3n) is 3.92. The van der Waals surface area contributed by atoms with Crippen LogP contribution in [0, 0.1) is 5.92 Å². The fourth-order valence-electron chi connectivity index (χ4n) is 2.56. The number of likely N-dealkylation sites (N-methyl/N-ethyl adjacent to an activating group) is 1. The number of benzene rings is 1. The molecule has 2 N–H and O–H groups in total. The van der Waals surface area contributed by atoms with E-state index in [1.165, 1.54) is 25.7 Å². The lowest BCUT2D eigenvalue weighted by Gasteiger charge is -2.28. The molecule has 1 aromatic rings. The van der Waals surface area contributed by atoms with Crippen molar-refractivity contribution in [3.8, 4) is 0 Å². The van der Waals surface area contributed by atoms with E-state index in [4.69, 9.17) is 0 Å². The molecule has 1 aromatic carbocycles. The van der Waals surface area contributed by atoms with Crippen LogP contribution in [0.25, 0.3) is 0 Å². The third-order valence-corrected chi connectivity index (χ3v) is 3.92. The van der Waals surface area contributed by atoms with Crippen LogP contribution >= 0.6 is 0 Å². The lowest BCUT2D eigenvalue weighted by molar-refractivity contribution is -0.119. The number of hydrogen-bond donors (Lipinski definition) is 2. The number of amides is 1. The molecule has 1 unspecified atom stereocenters. The second kappa shape index (κ2) is 6.60. The van der Waals surface area contributed by atoms with Crippen LogP contribution in [-0.4, -0.2) is 19.0 Å². The quantitative estimate of drug-likeness (QED) is 0.825. The van der Waals surface area contributed by atoms with Gasteiger partial charge in [-0.15, -0.1) is 0 Å². The summed E-state index contributed by atoms with van der Waals surface area (Å²) < 4.78 is 0. The highest BCUT2D eigenvalue weighted by atomic mass is 16.1. The molecular formula is C16H24N2O. The van der Waals surface area contributed by atoms with Crippen molar-refractivity contribution in [2.75, 3.05) is 12.4 Å². The molecule has 0 heterocycles. The molecular weight excluding hydrogens is 236 g/mol. The van der Waals surface area contributed by atoms with Crippen LogP contribution in [0.4, 0.5) is 5.69 Å². The number of hydrogen-bond acceptors (Lipinski definition) is 2. The van der Waals surface area contributed by atoms with Crippen molar-refractivity contribution in [1.82, 2.24) is 5.32 Å². The van der Waals surface area contributed by atoms with Crippen molar-refractivity contribution in [3.63, 3.8) is 0 Å². The van der Waals surface area contributed by atoms with Crippen LogP contribution in [0.3, 0.4) is 0 Å². The summed E-state index contributed by atoms with van der Waals surface area (Å²) in [4.78, 5) is 11.3. The smallest absolute Gasteiger partial charge is 0.224 e. The van der Waals surface area contributed by atoms with E-state index in [-0.39, 0.29) is 5.91 Å². The Morgan fingerprint density at radius 2 is 2.00 bits per heavy atom. The zero-order valence-corrected chi connectivity index (χ0v) is 11.9. The summed E-state index contributed by atoms with van der Waals surface area (Å²) >= 11 is 0. The molecule has 0 spiro atoms. The van der Waals surface area contributed by atoms with Crippen LogP contribution in [0.1, 0.15) is 38.2 Å². The minimum absolute atomic E-state index is 0.0547. The van der Waals surface area contributed by atoms with E-state index in [2.05, 4.69) is 29.7 Å². The van der Waals surface area contributed by atoms with Gasteiger partial charge in [-0.1, -0.05) is 31.4 Å². The van der Waals surface area contributed by atoms with Gasteiger partial charge in [0.2, 0.25) is 5.91 Å². The second-order valence-corrected chi connectivity index (χ2v) is 5.62.